The van der Waals surface area contributed by atoms with E-state index in [0.29, 0.717) is 6.61 Å². The number of epoxide rings is 1. The lowest BCUT2D eigenvalue weighted by atomic mass is 9.95. The molecule has 1 aromatic rings. The first-order chi connectivity index (χ1) is 11.6. The Morgan fingerprint density at radius 2 is 1.96 bits per heavy atom. The van der Waals surface area contributed by atoms with E-state index in [0.717, 1.165) is 18.4 Å². The van der Waals surface area contributed by atoms with E-state index in [9.17, 15) is 17.8 Å². The van der Waals surface area contributed by atoms with Gasteiger partial charge in [0.2, 0.25) is 5.78 Å². The maximum absolute atomic E-state index is 11.8. The van der Waals surface area contributed by atoms with E-state index in [1.54, 1.807) is 12.1 Å². The average Bonchev–Trinajstić information content (AvgIpc) is 3.08. The topological polar surface area (TPSA) is 114 Å². The molecule has 3 rings (SSSR count). The smallest absolute Gasteiger partial charge is 0.223 e. The number of ether oxygens (including phenoxy) is 1. The van der Waals surface area contributed by atoms with Crippen LogP contribution in [0.2, 0.25) is 0 Å². The normalized spacial score (nSPS) is 23.3. The van der Waals surface area contributed by atoms with Crippen molar-refractivity contribution in [3.8, 4) is 0 Å². The second-order valence-corrected chi connectivity index (χ2v) is 8.19. The highest BCUT2D eigenvalue weighted by atomic mass is 32.2. The van der Waals surface area contributed by atoms with E-state index in [1.165, 1.54) is 30.5 Å². The van der Waals surface area contributed by atoms with Crippen molar-refractivity contribution in [3.63, 3.8) is 0 Å². The van der Waals surface area contributed by atoms with Crippen molar-refractivity contribution in [2.75, 3.05) is 6.61 Å². The Labute approximate surface area is 148 Å². The highest BCUT2D eigenvalue weighted by Crippen LogP contribution is 2.30. The van der Waals surface area contributed by atoms with Crippen molar-refractivity contribution in [2.24, 2.45) is 0 Å². The van der Waals surface area contributed by atoms with Gasteiger partial charge in [-0.2, -0.15) is 0 Å². The first-order valence-electron chi connectivity index (χ1n) is 8.34. The Balaban J connectivity index is 0.000000186. The van der Waals surface area contributed by atoms with E-state index < -0.39 is 15.7 Å². The molecular formula is C18H25NO5S. The molecule has 1 aliphatic carbocycles. The summed E-state index contributed by atoms with van der Waals surface area (Å²) in [6.07, 6.45) is 6.64. The zero-order chi connectivity index (χ0) is 18.7. The molecule has 1 aliphatic heterocycles. The van der Waals surface area contributed by atoms with Crippen molar-refractivity contribution in [3.05, 3.63) is 41.5 Å². The number of allylic oxidation sites excluding steroid dienone is 1. The zero-order valence-electron chi connectivity index (χ0n) is 14.7. The van der Waals surface area contributed by atoms with E-state index in [4.69, 9.17) is 4.74 Å². The fourth-order valence-electron chi connectivity index (χ4n) is 2.72. The van der Waals surface area contributed by atoms with Crippen LogP contribution in [0.1, 0.15) is 38.2 Å². The van der Waals surface area contributed by atoms with E-state index >= 15 is 0 Å². The molecule has 1 aromatic carbocycles. The summed E-state index contributed by atoms with van der Waals surface area (Å²) in [4.78, 5) is 11.6. The van der Waals surface area contributed by atoms with Gasteiger partial charge in [-0.25, -0.2) is 8.42 Å². The van der Waals surface area contributed by atoms with Crippen LogP contribution >= 0.6 is 0 Å². The predicted octanol–water partition coefficient (Wildman–Crippen LogP) is 1.35. The highest BCUT2D eigenvalue weighted by molar-refractivity contribution is 7.85. The maximum Gasteiger partial charge on any atom is 0.223 e. The lowest BCUT2D eigenvalue weighted by Crippen LogP contribution is -2.67. The molecule has 0 bridgehead atoms. The minimum atomic E-state index is -4.27. The summed E-state index contributed by atoms with van der Waals surface area (Å²) in [5.74, 6) is 0.172. The Bertz CT molecular complexity index is 748. The minimum absolute atomic E-state index is 0.119. The first kappa shape index (κ1) is 19.8. The van der Waals surface area contributed by atoms with Gasteiger partial charge < -0.3 is 15.0 Å². The molecule has 25 heavy (non-hydrogen) atoms. The van der Waals surface area contributed by atoms with Gasteiger partial charge in [-0.15, -0.1) is 0 Å². The lowest BCUT2D eigenvalue weighted by Gasteiger charge is -2.10. The number of hydrogen-bond acceptors (Lipinski definition) is 5. The Morgan fingerprint density at radius 1 is 1.36 bits per heavy atom. The molecule has 0 unspecified atom stereocenters. The SMILES string of the molecule is C[C@]1(C(=O)[C@@H]([NH3+])CC2=CCCC2)CO1.Cc1ccc(S(=O)(=O)[O-])cc1. The van der Waals surface area contributed by atoms with Crippen LogP contribution in [0.5, 0.6) is 0 Å². The summed E-state index contributed by atoms with van der Waals surface area (Å²) in [6, 6.07) is 5.66. The molecule has 3 N–H and O–H groups in total. The summed E-state index contributed by atoms with van der Waals surface area (Å²) in [5, 5.41) is 0. The molecule has 1 saturated heterocycles. The standard InChI is InChI=1S/C11H17NO2.C7H8O3S/c1-11(7-14-11)10(13)9(12)6-8-4-2-3-5-8;1-6-2-4-7(5-3-6)11(8,9)10/h4,9H,2-3,5-7,12H2,1H3;2-5H,1H3,(H,8,9,10)/t9-,11+;/m0./s1. The summed E-state index contributed by atoms with van der Waals surface area (Å²) < 4.78 is 36.3. The average molecular weight is 367 g/mol. The molecular weight excluding hydrogens is 342 g/mol. The number of hydrogen-bond donors (Lipinski definition) is 1. The number of quaternary nitrogens is 1. The van der Waals surface area contributed by atoms with Crippen LogP contribution in [-0.2, 0) is 19.6 Å². The van der Waals surface area contributed by atoms with Crippen LogP contribution in [0, 0.1) is 6.92 Å². The van der Waals surface area contributed by atoms with Gasteiger partial charge in [-0.1, -0.05) is 29.3 Å². The van der Waals surface area contributed by atoms with Crippen LogP contribution in [0.25, 0.3) is 0 Å². The minimum Gasteiger partial charge on any atom is -0.744 e. The number of aryl methyl sites for hydroxylation is 1. The molecule has 138 valence electrons. The van der Waals surface area contributed by atoms with E-state index in [1.807, 2.05) is 13.8 Å². The lowest BCUT2D eigenvalue weighted by molar-refractivity contribution is -0.403. The fourth-order valence-corrected chi connectivity index (χ4v) is 3.19. The predicted molar refractivity (Wildman–Crippen MR) is 91.7 cm³/mol. The van der Waals surface area contributed by atoms with Crippen molar-refractivity contribution < 1.29 is 28.2 Å². The van der Waals surface area contributed by atoms with Crippen molar-refractivity contribution in [2.45, 2.75) is 56.1 Å². The Morgan fingerprint density at radius 3 is 2.40 bits per heavy atom. The molecule has 2 atom stereocenters. The third-order valence-corrected chi connectivity index (χ3v) is 5.27. The molecule has 1 fully saturated rings. The summed E-state index contributed by atoms with van der Waals surface area (Å²) in [6.45, 7) is 4.26. The fraction of sp³-hybridized carbons (Fsp3) is 0.500. The van der Waals surface area contributed by atoms with Crippen LogP contribution in [0.4, 0.5) is 0 Å². The summed E-state index contributed by atoms with van der Waals surface area (Å²) >= 11 is 0. The second-order valence-electron chi connectivity index (χ2n) is 6.81. The van der Waals surface area contributed by atoms with Crippen LogP contribution in [0.15, 0.2) is 40.8 Å². The van der Waals surface area contributed by atoms with Crippen molar-refractivity contribution in [1.82, 2.24) is 0 Å². The van der Waals surface area contributed by atoms with Crippen LogP contribution in [0.3, 0.4) is 0 Å². The molecule has 1 heterocycles. The van der Waals surface area contributed by atoms with Crippen LogP contribution < -0.4 is 5.73 Å². The summed E-state index contributed by atoms with van der Waals surface area (Å²) in [5.41, 5.74) is 5.78. The quantitative estimate of drug-likeness (QED) is 0.479. The second kappa shape index (κ2) is 7.78. The first-order valence-corrected chi connectivity index (χ1v) is 9.74. The molecule has 2 aliphatic rings. The van der Waals surface area contributed by atoms with Crippen LogP contribution in [-0.4, -0.2) is 37.0 Å². The van der Waals surface area contributed by atoms with Gasteiger partial charge in [0, 0.05) is 6.42 Å². The molecule has 0 spiro atoms. The van der Waals surface area contributed by atoms with Crippen molar-refractivity contribution >= 4 is 15.9 Å². The molecule has 6 nitrogen and oxygen atoms in total. The third-order valence-electron chi connectivity index (χ3n) is 4.42. The molecule has 7 heteroatoms. The maximum atomic E-state index is 11.8. The molecule has 0 saturated carbocycles. The highest BCUT2D eigenvalue weighted by Gasteiger charge is 2.50. The number of ketones is 1. The van der Waals surface area contributed by atoms with Gasteiger partial charge in [0.15, 0.2) is 11.6 Å². The largest absolute Gasteiger partial charge is 0.744 e. The zero-order valence-corrected chi connectivity index (χ0v) is 15.5. The molecule has 0 aromatic heterocycles. The third kappa shape index (κ3) is 5.74. The van der Waals surface area contributed by atoms with Gasteiger partial charge in [0.25, 0.3) is 0 Å². The summed E-state index contributed by atoms with van der Waals surface area (Å²) in [7, 11) is -4.27. The molecule has 0 amide bonds. The number of benzene rings is 1. The monoisotopic (exact) mass is 367 g/mol. The van der Waals surface area contributed by atoms with Gasteiger partial charge in [0.05, 0.1) is 11.5 Å². The van der Waals surface area contributed by atoms with Gasteiger partial charge in [0.1, 0.15) is 10.1 Å². The van der Waals surface area contributed by atoms with E-state index in [-0.39, 0.29) is 16.7 Å². The van der Waals surface area contributed by atoms with Crippen molar-refractivity contribution in [1.29, 1.82) is 0 Å². The molecule has 0 radical (unpaired) electrons. The Kier molecular flexibility index (Phi) is 6.16. The van der Waals surface area contributed by atoms with Gasteiger partial charge in [-0.3, -0.25) is 4.79 Å². The van der Waals surface area contributed by atoms with E-state index in [2.05, 4.69) is 11.8 Å². The number of Topliss-reactive ketones (excluding diaryl/α,β-unsaturated/α-hetero) is 1. The number of carbonyl (C=O) groups is 1. The van der Waals surface area contributed by atoms with Gasteiger partial charge in [-0.05, 0) is 45.2 Å². The number of rotatable bonds is 5. The Hall–Kier alpha value is -1.54. The van der Waals surface area contributed by atoms with Gasteiger partial charge >= 0.3 is 0 Å². The number of carbonyl (C=O) groups excluding carboxylic acids is 1.